The summed E-state index contributed by atoms with van der Waals surface area (Å²) in [4.78, 5) is 0. The molecule has 0 amide bonds. The maximum Gasteiger partial charge on any atom is 0.387 e. The number of ether oxygens (including phenoxy) is 1. The Labute approximate surface area is 167 Å². The number of alkyl halides is 2. The van der Waals surface area contributed by atoms with Crippen LogP contribution in [-0.2, 0) is 0 Å². The number of halogens is 2. The molecule has 0 saturated heterocycles. The minimum atomic E-state index is -2.77. The van der Waals surface area contributed by atoms with Gasteiger partial charge in [-0.25, -0.2) is 0 Å². The van der Waals surface area contributed by atoms with Gasteiger partial charge in [-0.15, -0.1) is 0 Å². The topological polar surface area (TPSA) is 9.23 Å². The van der Waals surface area contributed by atoms with Crippen LogP contribution < -0.4 is 4.74 Å². The lowest BCUT2D eigenvalue weighted by molar-refractivity contribution is -0.0497. The van der Waals surface area contributed by atoms with Crippen molar-refractivity contribution in [3.63, 3.8) is 0 Å². The third-order valence-corrected chi connectivity index (χ3v) is 7.22. The molecule has 4 unspecified atom stereocenters. The van der Waals surface area contributed by atoms with Crippen molar-refractivity contribution < 1.29 is 13.5 Å². The van der Waals surface area contributed by atoms with Crippen LogP contribution in [0.1, 0.15) is 76.2 Å². The first-order valence-electron chi connectivity index (χ1n) is 11.1. The van der Waals surface area contributed by atoms with Gasteiger partial charge < -0.3 is 4.74 Å². The van der Waals surface area contributed by atoms with Crippen LogP contribution in [0.25, 0.3) is 10.8 Å². The van der Waals surface area contributed by atoms with E-state index in [1.165, 1.54) is 63.4 Å². The second-order valence-corrected chi connectivity index (χ2v) is 9.00. The molecule has 4 rings (SSSR count). The fraction of sp³-hybridized carbons (Fsp3) is 0.600. The number of hydrogen-bond donors (Lipinski definition) is 0. The van der Waals surface area contributed by atoms with Crippen LogP contribution in [0.2, 0.25) is 0 Å². The molecule has 0 radical (unpaired) electrons. The van der Waals surface area contributed by atoms with E-state index >= 15 is 0 Å². The average molecular weight is 387 g/mol. The number of rotatable bonds is 6. The lowest BCUT2D eigenvalue weighted by Gasteiger charge is -2.42. The molecule has 2 aromatic carbocycles. The first-order chi connectivity index (χ1) is 13.6. The van der Waals surface area contributed by atoms with Crippen molar-refractivity contribution in [1.82, 2.24) is 0 Å². The van der Waals surface area contributed by atoms with Crippen molar-refractivity contribution >= 4 is 10.8 Å². The van der Waals surface area contributed by atoms with E-state index in [0.29, 0.717) is 5.92 Å². The van der Waals surface area contributed by atoms with E-state index in [1.807, 2.05) is 6.07 Å². The minimum Gasteiger partial charge on any atom is -0.435 e. The van der Waals surface area contributed by atoms with Gasteiger partial charge in [-0.05, 0) is 84.2 Å². The second kappa shape index (κ2) is 8.80. The van der Waals surface area contributed by atoms with Crippen LogP contribution in [-0.4, -0.2) is 6.61 Å². The van der Waals surface area contributed by atoms with Gasteiger partial charge in [0.2, 0.25) is 0 Å². The molecule has 2 fully saturated rings. The number of unbranched alkanes of at least 4 members (excludes halogenated alkanes) is 1. The van der Waals surface area contributed by atoms with Crippen molar-refractivity contribution in [2.75, 3.05) is 0 Å². The normalized spacial score (nSPS) is 27.7. The number of fused-ring (bicyclic) bond motifs is 2. The van der Waals surface area contributed by atoms with Crippen molar-refractivity contribution in [3.05, 3.63) is 42.0 Å². The molecule has 0 heterocycles. The van der Waals surface area contributed by atoms with Crippen LogP contribution in [0.5, 0.6) is 5.75 Å². The molecular formula is C25H32F2O. The fourth-order valence-corrected chi connectivity index (χ4v) is 5.72. The van der Waals surface area contributed by atoms with E-state index < -0.39 is 6.61 Å². The molecule has 0 bridgehead atoms. The highest BCUT2D eigenvalue weighted by Gasteiger charge is 2.35. The van der Waals surface area contributed by atoms with E-state index in [1.54, 1.807) is 12.1 Å². The van der Waals surface area contributed by atoms with E-state index in [4.69, 9.17) is 0 Å². The summed E-state index contributed by atoms with van der Waals surface area (Å²) in [5, 5.41) is 2.08. The Hall–Kier alpha value is -1.64. The van der Waals surface area contributed by atoms with Crippen molar-refractivity contribution in [3.8, 4) is 5.75 Å². The van der Waals surface area contributed by atoms with E-state index in [9.17, 15) is 8.78 Å². The molecule has 2 aliphatic carbocycles. The Morgan fingerprint density at radius 2 is 1.68 bits per heavy atom. The lowest BCUT2D eigenvalue weighted by atomic mass is 9.63. The van der Waals surface area contributed by atoms with Gasteiger partial charge >= 0.3 is 6.61 Å². The van der Waals surface area contributed by atoms with Crippen molar-refractivity contribution in [1.29, 1.82) is 0 Å². The summed E-state index contributed by atoms with van der Waals surface area (Å²) in [7, 11) is 0. The highest BCUT2D eigenvalue weighted by Crippen LogP contribution is 2.48. The second-order valence-electron chi connectivity index (χ2n) is 9.00. The minimum absolute atomic E-state index is 0.232. The van der Waals surface area contributed by atoms with Gasteiger partial charge in [0, 0.05) is 0 Å². The highest BCUT2D eigenvalue weighted by molar-refractivity contribution is 5.84. The van der Waals surface area contributed by atoms with Gasteiger partial charge in [0.05, 0.1) is 0 Å². The van der Waals surface area contributed by atoms with Crippen LogP contribution in [0.15, 0.2) is 36.4 Å². The molecule has 0 N–H and O–H groups in total. The summed E-state index contributed by atoms with van der Waals surface area (Å²) in [6.07, 6.45) is 12.4. The smallest absolute Gasteiger partial charge is 0.387 e. The molecule has 2 aliphatic rings. The summed E-state index contributed by atoms with van der Waals surface area (Å²) in [6, 6.07) is 11.8. The maximum absolute atomic E-state index is 12.4. The van der Waals surface area contributed by atoms with Gasteiger partial charge in [0.25, 0.3) is 0 Å². The molecule has 2 aromatic rings. The highest BCUT2D eigenvalue weighted by atomic mass is 19.3. The van der Waals surface area contributed by atoms with Crippen LogP contribution >= 0.6 is 0 Å². The summed E-state index contributed by atoms with van der Waals surface area (Å²) < 4.78 is 29.4. The zero-order valence-electron chi connectivity index (χ0n) is 16.9. The van der Waals surface area contributed by atoms with Crippen molar-refractivity contribution in [2.45, 2.75) is 77.2 Å². The van der Waals surface area contributed by atoms with Crippen LogP contribution in [0.3, 0.4) is 0 Å². The van der Waals surface area contributed by atoms with Crippen molar-refractivity contribution in [2.24, 2.45) is 17.8 Å². The van der Waals surface area contributed by atoms with Gasteiger partial charge in [-0.1, -0.05) is 56.9 Å². The van der Waals surface area contributed by atoms with E-state index in [2.05, 4.69) is 29.9 Å². The molecule has 0 aliphatic heterocycles. The standard InChI is InChI=1S/C25H32F2O/c1-2-3-4-17-5-6-19-14-20(8-7-18(19)13-17)21-9-10-23-16-24(28-25(26)27)12-11-22(23)15-21/h9-12,15-20,25H,2-8,13-14H2,1H3. The third-order valence-electron chi connectivity index (χ3n) is 7.22. The molecule has 1 nitrogen and oxygen atoms in total. The molecule has 2 saturated carbocycles. The molecular weight excluding hydrogens is 354 g/mol. The average Bonchev–Trinajstić information content (AvgIpc) is 2.71. The van der Waals surface area contributed by atoms with E-state index in [-0.39, 0.29) is 5.75 Å². The first kappa shape index (κ1) is 19.7. The van der Waals surface area contributed by atoms with Crippen LogP contribution in [0, 0.1) is 17.8 Å². The fourth-order valence-electron chi connectivity index (χ4n) is 5.72. The summed E-state index contributed by atoms with van der Waals surface area (Å²) in [5.74, 6) is 3.70. The van der Waals surface area contributed by atoms with Gasteiger partial charge in [-0.3, -0.25) is 0 Å². The maximum atomic E-state index is 12.4. The Morgan fingerprint density at radius 1 is 0.929 bits per heavy atom. The SMILES string of the molecule is CCCCC1CCC2CC(c3ccc4cc(OC(F)F)ccc4c3)CCC2C1. The Balaban J connectivity index is 1.42. The Morgan fingerprint density at radius 3 is 2.50 bits per heavy atom. The number of benzene rings is 2. The monoisotopic (exact) mass is 386 g/mol. The molecule has 4 atom stereocenters. The molecule has 28 heavy (non-hydrogen) atoms. The van der Waals surface area contributed by atoms with Crippen LogP contribution in [0.4, 0.5) is 8.78 Å². The van der Waals surface area contributed by atoms with E-state index in [0.717, 1.165) is 28.5 Å². The third kappa shape index (κ3) is 4.50. The summed E-state index contributed by atoms with van der Waals surface area (Å²) in [5.41, 5.74) is 1.42. The quantitative estimate of drug-likeness (QED) is 0.490. The molecule has 0 aromatic heterocycles. The zero-order valence-corrected chi connectivity index (χ0v) is 16.9. The Kier molecular flexibility index (Phi) is 6.18. The molecule has 152 valence electrons. The number of hydrogen-bond acceptors (Lipinski definition) is 1. The predicted molar refractivity (Wildman–Crippen MR) is 111 cm³/mol. The molecule has 0 spiro atoms. The zero-order chi connectivity index (χ0) is 19.5. The predicted octanol–water partition coefficient (Wildman–Crippen LogP) is 7.93. The lowest BCUT2D eigenvalue weighted by Crippen LogP contribution is -2.30. The van der Waals surface area contributed by atoms with Gasteiger partial charge in [-0.2, -0.15) is 8.78 Å². The van der Waals surface area contributed by atoms with Gasteiger partial charge in [0.1, 0.15) is 5.75 Å². The summed E-state index contributed by atoms with van der Waals surface area (Å²) in [6.45, 7) is -0.475. The largest absolute Gasteiger partial charge is 0.435 e. The Bertz CT molecular complexity index is 787. The molecule has 3 heteroatoms. The van der Waals surface area contributed by atoms with Gasteiger partial charge in [0.15, 0.2) is 0 Å². The summed E-state index contributed by atoms with van der Waals surface area (Å²) >= 11 is 0. The first-order valence-corrected chi connectivity index (χ1v) is 11.1.